The average molecular weight is 282 g/mol. The summed E-state index contributed by atoms with van der Waals surface area (Å²) < 4.78 is 18.2. The molecule has 2 heterocycles. The van der Waals surface area contributed by atoms with E-state index in [-0.39, 0.29) is 23.4 Å². The van der Waals surface area contributed by atoms with Gasteiger partial charge in [-0.3, -0.25) is 0 Å². The van der Waals surface area contributed by atoms with Gasteiger partial charge in [0.1, 0.15) is 6.10 Å². The lowest BCUT2D eigenvalue weighted by Gasteiger charge is -2.39. The fraction of sp³-hybridized carbons (Fsp3) is 0.867. The van der Waals surface area contributed by atoms with Crippen LogP contribution in [0.5, 0.6) is 0 Å². The zero-order chi connectivity index (χ0) is 14.3. The molecule has 0 saturated carbocycles. The quantitative estimate of drug-likeness (QED) is 0.588. The van der Waals surface area contributed by atoms with Gasteiger partial charge in [-0.1, -0.05) is 20.8 Å². The Morgan fingerprint density at radius 2 is 1.84 bits per heavy atom. The molecule has 0 aromatic heterocycles. The molecular formula is C15H26O3Si. The second-order valence-corrected chi connectivity index (χ2v) is 11.9. The summed E-state index contributed by atoms with van der Waals surface area (Å²) in [6, 6.07) is 0. The van der Waals surface area contributed by atoms with Crippen molar-refractivity contribution < 1.29 is 13.9 Å². The summed E-state index contributed by atoms with van der Waals surface area (Å²) in [5, 5.41) is 0.210. The zero-order valence-corrected chi connectivity index (χ0v) is 13.7. The molecule has 2 unspecified atom stereocenters. The molecule has 0 N–H and O–H groups in total. The van der Waals surface area contributed by atoms with Crippen molar-refractivity contribution in [2.24, 2.45) is 5.92 Å². The first kappa shape index (κ1) is 15.1. The van der Waals surface area contributed by atoms with Gasteiger partial charge in [0.15, 0.2) is 8.32 Å². The summed E-state index contributed by atoms with van der Waals surface area (Å²) in [6.45, 7) is 12.7. The fourth-order valence-corrected chi connectivity index (χ4v) is 3.84. The number of fused-ring (bicyclic) bond motifs is 1. The van der Waals surface area contributed by atoms with Crippen LogP contribution in [0.2, 0.25) is 18.1 Å². The summed E-state index contributed by atoms with van der Waals surface area (Å²) in [6.07, 6.45) is 6.41. The summed E-state index contributed by atoms with van der Waals surface area (Å²) >= 11 is 0. The van der Waals surface area contributed by atoms with E-state index in [1.807, 2.05) is 0 Å². The van der Waals surface area contributed by atoms with Crippen LogP contribution < -0.4 is 0 Å². The monoisotopic (exact) mass is 282 g/mol. The molecule has 0 spiro atoms. The molecular weight excluding hydrogens is 256 g/mol. The number of hydrogen-bond donors (Lipinski definition) is 0. The van der Waals surface area contributed by atoms with Crippen LogP contribution in [0.15, 0.2) is 0 Å². The van der Waals surface area contributed by atoms with Crippen LogP contribution in [0.1, 0.15) is 27.2 Å². The fourth-order valence-electron chi connectivity index (χ4n) is 2.53. The van der Waals surface area contributed by atoms with Crippen molar-refractivity contribution in [3.63, 3.8) is 0 Å². The molecule has 108 valence electrons. The highest BCUT2D eigenvalue weighted by Crippen LogP contribution is 2.41. The van der Waals surface area contributed by atoms with Gasteiger partial charge in [-0.25, -0.2) is 0 Å². The first-order valence-electron chi connectivity index (χ1n) is 7.11. The smallest absolute Gasteiger partial charge is 0.192 e. The van der Waals surface area contributed by atoms with E-state index >= 15 is 0 Å². The van der Waals surface area contributed by atoms with E-state index in [0.717, 1.165) is 6.42 Å². The molecule has 0 aromatic carbocycles. The van der Waals surface area contributed by atoms with Gasteiger partial charge in [0, 0.05) is 12.3 Å². The summed E-state index contributed by atoms with van der Waals surface area (Å²) in [5.74, 6) is 3.05. The Bertz CT molecular complexity index is 367. The minimum Gasteiger partial charge on any atom is -0.409 e. The van der Waals surface area contributed by atoms with Crippen LogP contribution in [-0.2, 0) is 13.9 Å². The number of hydrogen-bond acceptors (Lipinski definition) is 3. The van der Waals surface area contributed by atoms with E-state index in [1.165, 1.54) is 0 Å². The van der Waals surface area contributed by atoms with Crippen LogP contribution in [0.25, 0.3) is 0 Å². The highest BCUT2D eigenvalue weighted by molar-refractivity contribution is 6.74. The van der Waals surface area contributed by atoms with Gasteiger partial charge < -0.3 is 13.9 Å². The molecule has 4 heteroatoms. The third-order valence-electron chi connectivity index (χ3n) is 4.74. The van der Waals surface area contributed by atoms with Crippen molar-refractivity contribution in [3.05, 3.63) is 0 Å². The lowest BCUT2D eigenvalue weighted by molar-refractivity contribution is 0.0231. The van der Waals surface area contributed by atoms with Crippen LogP contribution in [-0.4, -0.2) is 39.8 Å². The average Bonchev–Trinajstić information content (AvgIpc) is 2.82. The van der Waals surface area contributed by atoms with Crippen molar-refractivity contribution in [1.82, 2.24) is 0 Å². The molecule has 2 aliphatic rings. The van der Waals surface area contributed by atoms with Gasteiger partial charge in [-0.2, -0.15) is 0 Å². The Morgan fingerprint density at radius 3 is 2.42 bits per heavy atom. The summed E-state index contributed by atoms with van der Waals surface area (Å²) in [5.41, 5.74) is 0. The third-order valence-corrected chi connectivity index (χ3v) is 9.25. The van der Waals surface area contributed by atoms with Crippen LogP contribution in [0, 0.1) is 18.3 Å². The van der Waals surface area contributed by atoms with Crippen LogP contribution in [0.3, 0.4) is 0 Å². The maximum Gasteiger partial charge on any atom is 0.192 e. The van der Waals surface area contributed by atoms with Crippen LogP contribution >= 0.6 is 0 Å². The van der Waals surface area contributed by atoms with Crippen molar-refractivity contribution in [2.75, 3.05) is 13.2 Å². The Morgan fingerprint density at radius 1 is 1.21 bits per heavy atom. The molecule has 19 heavy (non-hydrogen) atoms. The van der Waals surface area contributed by atoms with Gasteiger partial charge in [-0.15, -0.1) is 12.3 Å². The Labute approximate surface area is 118 Å². The van der Waals surface area contributed by atoms with Gasteiger partial charge in [0.25, 0.3) is 0 Å². The first-order chi connectivity index (χ1) is 8.76. The van der Waals surface area contributed by atoms with Crippen molar-refractivity contribution in [2.45, 2.75) is 63.6 Å². The lowest BCUT2D eigenvalue weighted by atomic mass is 9.98. The first-order valence-corrected chi connectivity index (χ1v) is 10.0. The SMILES string of the molecule is C#CCC1CO[C@@H]2C(O[Si](C)(C)C(C)(C)C)CO[C@H]12. The van der Waals surface area contributed by atoms with E-state index in [2.05, 4.69) is 39.8 Å². The molecule has 2 fully saturated rings. The van der Waals surface area contributed by atoms with Gasteiger partial charge in [0.2, 0.25) is 0 Å². The molecule has 0 aromatic rings. The molecule has 2 saturated heterocycles. The predicted octanol–water partition coefficient (Wildman–Crippen LogP) is 2.81. The Kier molecular flexibility index (Phi) is 4.13. The molecule has 0 radical (unpaired) electrons. The largest absolute Gasteiger partial charge is 0.409 e. The Balaban J connectivity index is 2.00. The van der Waals surface area contributed by atoms with Crippen LogP contribution in [0.4, 0.5) is 0 Å². The molecule has 2 aliphatic heterocycles. The van der Waals surface area contributed by atoms with Crippen molar-refractivity contribution in [3.8, 4) is 12.3 Å². The molecule has 4 atom stereocenters. The summed E-state index contributed by atoms with van der Waals surface area (Å²) in [4.78, 5) is 0. The second-order valence-electron chi connectivity index (χ2n) is 7.18. The third kappa shape index (κ3) is 2.90. The van der Waals surface area contributed by atoms with Crippen molar-refractivity contribution >= 4 is 8.32 Å². The maximum absolute atomic E-state index is 6.44. The molecule has 0 bridgehead atoms. The summed E-state index contributed by atoms with van der Waals surface area (Å²) in [7, 11) is -1.77. The number of terminal acetylenes is 1. The minimum absolute atomic E-state index is 0.0764. The predicted molar refractivity (Wildman–Crippen MR) is 78.5 cm³/mol. The maximum atomic E-state index is 6.44. The van der Waals surface area contributed by atoms with Crippen molar-refractivity contribution in [1.29, 1.82) is 0 Å². The molecule has 2 rings (SSSR count). The number of rotatable bonds is 3. The molecule has 0 aliphatic carbocycles. The van der Waals surface area contributed by atoms with Gasteiger partial charge >= 0.3 is 0 Å². The van der Waals surface area contributed by atoms with E-state index in [4.69, 9.17) is 20.3 Å². The van der Waals surface area contributed by atoms with Gasteiger partial charge in [0.05, 0.1) is 25.4 Å². The molecule has 3 nitrogen and oxygen atoms in total. The topological polar surface area (TPSA) is 27.7 Å². The highest BCUT2D eigenvalue weighted by Gasteiger charge is 2.50. The Hall–Kier alpha value is -0.343. The van der Waals surface area contributed by atoms with Gasteiger partial charge in [-0.05, 0) is 18.1 Å². The second kappa shape index (κ2) is 5.21. The standard InChI is InChI=1S/C15H26O3Si/c1-7-8-11-9-16-14-12(10-17-13(11)14)18-19(5,6)15(2,3)4/h1,11-14H,8-10H2,2-6H3/t11?,12?,13-,14-/m1/s1. The van der Waals surface area contributed by atoms with E-state index in [1.54, 1.807) is 0 Å². The van der Waals surface area contributed by atoms with E-state index in [9.17, 15) is 0 Å². The normalized spacial score (nSPS) is 35.2. The number of ether oxygens (including phenoxy) is 2. The molecule has 0 amide bonds. The minimum atomic E-state index is -1.77. The van der Waals surface area contributed by atoms with E-state index in [0.29, 0.717) is 19.1 Å². The highest BCUT2D eigenvalue weighted by atomic mass is 28.4. The van der Waals surface area contributed by atoms with E-state index < -0.39 is 8.32 Å². The zero-order valence-electron chi connectivity index (χ0n) is 12.7. The lowest BCUT2D eigenvalue weighted by Crippen LogP contribution is -2.47.